The lowest BCUT2D eigenvalue weighted by atomic mass is 10.1. The first-order valence-electron chi connectivity index (χ1n) is 6.28. The molecule has 0 saturated carbocycles. The highest BCUT2D eigenvalue weighted by Gasteiger charge is 2.25. The number of likely N-dealkylation sites (N-methyl/N-ethyl adjacent to an activating group) is 1. The number of rotatable bonds is 7. The second-order valence-corrected chi connectivity index (χ2v) is 7.16. The van der Waals surface area contributed by atoms with E-state index in [2.05, 4.69) is 15.9 Å². The molecule has 0 aliphatic rings. The second-order valence-electron chi connectivity index (χ2n) is 4.37. The molecule has 0 aliphatic carbocycles. The number of nitrogens with zero attached hydrogens (tertiary/aromatic N) is 1. The molecule has 0 aromatic heterocycles. The molecule has 0 radical (unpaired) electrons. The van der Waals surface area contributed by atoms with E-state index in [1.165, 1.54) is 23.5 Å². The Morgan fingerprint density at radius 1 is 1.43 bits per heavy atom. The minimum absolute atomic E-state index is 0.0363. The third-order valence-electron chi connectivity index (χ3n) is 3.08. The Kier molecular flexibility index (Phi) is 6.33. The van der Waals surface area contributed by atoms with Crippen LogP contribution in [0.25, 0.3) is 0 Å². The topological polar surface area (TPSA) is 83.9 Å². The maximum absolute atomic E-state index is 12.6. The van der Waals surface area contributed by atoms with Crippen molar-refractivity contribution in [3.05, 3.63) is 27.7 Å². The summed E-state index contributed by atoms with van der Waals surface area (Å²) in [5.41, 5.74) is 0.451. The minimum atomic E-state index is -3.76. The smallest absolute Gasteiger partial charge is 0.336 e. The van der Waals surface area contributed by atoms with Crippen LogP contribution in [0, 0.1) is 6.92 Å². The van der Waals surface area contributed by atoms with Gasteiger partial charge in [0.05, 0.1) is 17.1 Å². The fraction of sp³-hybridized carbons (Fsp3) is 0.462. The maximum Gasteiger partial charge on any atom is 0.336 e. The summed E-state index contributed by atoms with van der Waals surface area (Å²) in [4.78, 5) is 11.2. The van der Waals surface area contributed by atoms with Gasteiger partial charge in [0.25, 0.3) is 0 Å². The second kappa shape index (κ2) is 7.35. The Labute approximate surface area is 132 Å². The van der Waals surface area contributed by atoms with Crippen molar-refractivity contribution in [2.45, 2.75) is 18.7 Å². The van der Waals surface area contributed by atoms with E-state index in [1.807, 2.05) is 0 Å². The van der Waals surface area contributed by atoms with Gasteiger partial charge >= 0.3 is 5.97 Å². The molecule has 0 amide bonds. The molecule has 21 heavy (non-hydrogen) atoms. The largest absolute Gasteiger partial charge is 0.478 e. The predicted octanol–water partition coefficient (Wildman–Crippen LogP) is 2.11. The zero-order chi connectivity index (χ0) is 16.2. The van der Waals surface area contributed by atoms with E-state index in [1.54, 1.807) is 13.8 Å². The van der Waals surface area contributed by atoms with Crippen molar-refractivity contribution < 1.29 is 23.1 Å². The van der Waals surface area contributed by atoms with Crippen molar-refractivity contribution in [1.82, 2.24) is 4.31 Å². The average Bonchev–Trinajstić information content (AvgIpc) is 2.41. The zero-order valence-electron chi connectivity index (χ0n) is 12.1. The lowest BCUT2D eigenvalue weighted by Gasteiger charge is -2.21. The molecule has 1 aromatic carbocycles. The Morgan fingerprint density at radius 2 is 2.05 bits per heavy atom. The lowest BCUT2D eigenvalue weighted by Crippen LogP contribution is -2.34. The van der Waals surface area contributed by atoms with Crippen molar-refractivity contribution in [3.8, 4) is 0 Å². The molecule has 1 aromatic rings. The predicted molar refractivity (Wildman–Crippen MR) is 82.1 cm³/mol. The molecule has 6 nitrogen and oxygen atoms in total. The fourth-order valence-electron chi connectivity index (χ4n) is 1.82. The Balaban J connectivity index is 3.34. The summed E-state index contributed by atoms with van der Waals surface area (Å²) < 4.78 is 31.7. The molecule has 0 fully saturated rings. The molecule has 1 N–H and O–H groups in total. The van der Waals surface area contributed by atoms with Gasteiger partial charge in [0.1, 0.15) is 0 Å². The summed E-state index contributed by atoms with van der Waals surface area (Å²) in [6.45, 7) is 4.09. The fourth-order valence-corrected chi connectivity index (χ4v) is 3.91. The molecule has 8 heteroatoms. The Morgan fingerprint density at radius 3 is 2.52 bits per heavy atom. The van der Waals surface area contributed by atoms with E-state index < -0.39 is 16.0 Å². The molecular formula is C13H18BrNO5S. The molecule has 0 saturated heterocycles. The van der Waals surface area contributed by atoms with Crippen LogP contribution in [-0.2, 0) is 14.8 Å². The van der Waals surface area contributed by atoms with Gasteiger partial charge in [-0.05, 0) is 24.6 Å². The third-order valence-corrected chi connectivity index (χ3v) is 5.86. The minimum Gasteiger partial charge on any atom is -0.478 e. The van der Waals surface area contributed by atoms with E-state index in [9.17, 15) is 13.2 Å². The van der Waals surface area contributed by atoms with Crippen LogP contribution in [0.3, 0.4) is 0 Å². The number of halogens is 1. The van der Waals surface area contributed by atoms with Gasteiger partial charge < -0.3 is 9.84 Å². The van der Waals surface area contributed by atoms with Gasteiger partial charge in [0.15, 0.2) is 0 Å². The van der Waals surface area contributed by atoms with Crippen LogP contribution in [-0.4, -0.2) is 50.6 Å². The highest BCUT2D eigenvalue weighted by atomic mass is 79.9. The average molecular weight is 380 g/mol. The van der Waals surface area contributed by atoms with Crippen LogP contribution in [0.2, 0.25) is 0 Å². The van der Waals surface area contributed by atoms with Gasteiger partial charge in [-0.2, -0.15) is 4.31 Å². The summed E-state index contributed by atoms with van der Waals surface area (Å²) in [5.74, 6) is -1.16. The Hall–Kier alpha value is -0.960. The van der Waals surface area contributed by atoms with Gasteiger partial charge in [-0.3, -0.25) is 0 Å². The quantitative estimate of drug-likeness (QED) is 0.783. The van der Waals surface area contributed by atoms with Gasteiger partial charge in [-0.1, -0.05) is 22.9 Å². The van der Waals surface area contributed by atoms with Crippen LogP contribution in [0.4, 0.5) is 0 Å². The van der Waals surface area contributed by atoms with Gasteiger partial charge in [0.2, 0.25) is 10.0 Å². The summed E-state index contributed by atoms with van der Waals surface area (Å²) in [5, 5.41) is 9.17. The van der Waals surface area contributed by atoms with E-state index >= 15 is 0 Å². The highest BCUT2D eigenvalue weighted by molar-refractivity contribution is 9.10. The molecule has 1 rings (SSSR count). The molecule has 0 unspecified atom stereocenters. The van der Waals surface area contributed by atoms with Crippen molar-refractivity contribution >= 4 is 31.9 Å². The van der Waals surface area contributed by atoms with E-state index in [0.717, 1.165) is 0 Å². The monoisotopic (exact) mass is 379 g/mol. The number of carboxylic acid groups (broad SMARTS) is 1. The Bertz CT molecular complexity index is 630. The number of benzene rings is 1. The number of hydrogen-bond donors (Lipinski definition) is 1. The van der Waals surface area contributed by atoms with Crippen LogP contribution in [0.1, 0.15) is 22.8 Å². The first-order chi connectivity index (χ1) is 9.75. The van der Waals surface area contributed by atoms with Crippen molar-refractivity contribution in [2.24, 2.45) is 0 Å². The first kappa shape index (κ1) is 18.1. The molecular weight excluding hydrogens is 362 g/mol. The van der Waals surface area contributed by atoms with Gasteiger partial charge in [-0.25, -0.2) is 13.2 Å². The van der Waals surface area contributed by atoms with Crippen LogP contribution in [0.5, 0.6) is 0 Å². The van der Waals surface area contributed by atoms with E-state index in [-0.39, 0.29) is 30.2 Å². The van der Waals surface area contributed by atoms with Crippen molar-refractivity contribution in [1.29, 1.82) is 0 Å². The number of hydrogen-bond acceptors (Lipinski definition) is 4. The summed E-state index contributed by atoms with van der Waals surface area (Å²) in [6, 6.07) is 2.61. The number of sulfonamides is 1. The third kappa shape index (κ3) is 4.03. The van der Waals surface area contributed by atoms with Crippen LogP contribution < -0.4 is 0 Å². The maximum atomic E-state index is 12.6. The molecule has 118 valence electrons. The molecule has 0 heterocycles. The normalized spacial score (nSPS) is 11.9. The van der Waals surface area contributed by atoms with Crippen molar-refractivity contribution in [2.75, 3.05) is 26.8 Å². The number of ether oxygens (including phenoxy) is 1. The number of carbonyl (C=O) groups is 1. The molecule has 0 aliphatic heterocycles. The van der Waals surface area contributed by atoms with Gasteiger partial charge in [-0.15, -0.1) is 0 Å². The van der Waals surface area contributed by atoms with Gasteiger partial charge in [0, 0.05) is 24.7 Å². The number of methoxy groups -OCH3 is 1. The summed E-state index contributed by atoms with van der Waals surface area (Å²) in [7, 11) is -2.27. The van der Waals surface area contributed by atoms with Crippen LogP contribution >= 0.6 is 15.9 Å². The summed E-state index contributed by atoms with van der Waals surface area (Å²) in [6.07, 6.45) is 0. The lowest BCUT2D eigenvalue weighted by molar-refractivity contribution is 0.0695. The van der Waals surface area contributed by atoms with E-state index in [0.29, 0.717) is 10.0 Å². The SMILES string of the molecule is CCN(CCOC)S(=O)(=O)c1cc(Br)c(C)c(C(=O)O)c1. The highest BCUT2D eigenvalue weighted by Crippen LogP contribution is 2.26. The standard InChI is InChI=1S/C13H18BrNO5S/c1-4-15(5-6-20-3)21(18,19)10-7-11(13(16)17)9(2)12(14)8-10/h7-8H,4-6H2,1-3H3,(H,16,17). The molecule has 0 bridgehead atoms. The first-order valence-corrected chi connectivity index (χ1v) is 8.51. The summed E-state index contributed by atoms with van der Waals surface area (Å²) >= 11 is 3.21. The molecule has 0 atom stereocenters. The number of aromatic carboxylic acids is 1. The zero-order valence-corrected chi connectivity index (χ0v) is 14.5. The van der Waals surface area contributed by atoms with E-state index in [4.69, 9.17) is 9.84 Å². The van der Waals surface area contributed by atoms with Crippen LogP contribution in [0.15, 0.2) is 21.5 Å². The number of carboxylic acids is 1. The van der Waals surface area contributed by atoms with Crippen molar-refractivity contribution in [3.63, 3.8) is 0 Å². The molecule has 0 spiro atoms.